The number of benzene rings is 2. The summed E-state index contributed by atoms with van der Waals surface area (Å²) in [5, 5.41) is 13.6. The molecule has 5 rings (SSSR count). The van der Waals surface area contributed by atoms with Crippen molar-refractivity contribution in [3.63, 3.8) is 0 Å². The molecule has 2 aliphatic rings. The summed E-state index contributed by atoms with van der Waals surface area (Å²) in [4.78, 5) is 17.2. The minimum absolute atomic E-state index is 0.0549. The van der Waals surface area contributed by atoms with Gasteiger partial charge in [-0.1, -0.05) is 36.4 Å². The van der Waals surface area contributed by atoms with Crippen molar-refractivity contribution in [2.45, 2.75) is 62.9 Å². The molecule has 0 spiro atoms. The first-order valence-corrected chi connectivity index (χ1v) is 12.2. The molecule has 1 heterocycles. The fraction of sp³-hybridized carbons (Fsp3) is 0.379. The van der Waals surface area contributed by atoms with E-state index in [0.29, 0.717) is 30.5 Å². The van der Waals surface area contributed by atoms with E-state index in [1.807, 2.05) is 49.4 Å². The number of nitrogens with zero attached hydrogens (tertiary/aromatic N) is 1. The molecular formula is C29H30F2N2O2. The molecule has 6 heteroatoms. The minimum Gasteiger partial charge on any atom is -0.384 e. The number of carbonyl (C=O) groups is 1. The van der Waals surface area contributed by atoms with Gasteiger partial charge in [0.05, 0.1) is 11.4 Å². The Hall–Kier alpha value is -3.12. The van der Waals surface area contributed by atoms with Gasteiger partial charge < -0.3 is 10.4 Å². The van der Waals surface area contributed by atoms with E-state index in [1.165, 1.54) is 0 Å². The smallest absolute Gasteiger partial charge is 0.266 e. The standard InChI is InChI=1S/C29H30F2N2O2/c1-19-25(8-5-15-32-19)33-26(34)22-10-12-24-21(16-22)9-11-23-18-29(35,27(30)31)14-13-28(23,24)17-20-6-3-2-4-7-20/h2-8,10,12,15-16,23,27,35H,9,11,13-14,17-18H2,1H3,(H,33,34)/t23-,28+,29-/m1/s1. The van der Waals surface area contributed by atoms with E-state index in [9.17, 15) is 18.7 Å². The maximum Gasteiger partial charge on any atom is 0.266 e. The highest BCUT2D eigenvalue weighted by Crippen LogP contribution is 2.55. The zero-order valence-corrected chi connectivity index (χ0v) is 19.8. The summed E-state index contributed by atoms with van der Waals surface area (Å²) < 4.78 is 27.5. The van der Waals surface area contributed by atoms with Gasteiger partial charge in [-0.25, -0.2) is 8.78 Å². The van der Waals surface area contributed by atoms with E-state index in [0.717, 1.165) is 28.8 Å². The van der Waals surface area contributed by atoms with E-state index < -0.39 is 12.0 Å². The number of aryl methyl sites for hydroxylation is 2. The first-order valence-electron chi connectivity index (χ1n) is 12.2. The van der Waals surface area contributed by atoms with Crippen LogP contribution in [0.3, 0.4) is 0 Å². The van der Waals surface area contributed by atoms with Crippen molar-refractivity contribution in [1.29, 1.82) is 0 Å². The third-order valence-corrected chi connectivity index (χ3v) is 8.08. The van der Waals surface area contributed by atoms with Crippen molar-refractivity contribution in [3.05, 3.63) is 94.8 Å². The second-order valence-corrected chi connectivity index (χ2v) is 10.1. The molecule has 1 fully saturated rings. The zero-order chi connectivity index (χ0) is 24.6. The Labute approximate surface area is 204 Å². The topological polar surface area (TPSA) is 62.2 Å². The predicted molar refractivity (Wildman–Crippen MR) is 132 cm³/mol. The molecule has 2 aliphatic carbocycles. The van der Waals surface area contributed by atoms with Crippen molar-refractivity contribution < 1.29 is 18.7 Å². The fourth-order valence-electron chi connectivity index (χ4n) is 6.16. The molecule has 0 radical (unpaired) electrons. The molecule has 0 unspecified atom stereocenters. The lowest BCUT2D eigenvalue weighted by molar-refractivity contribution is -0.142. The molecule has 2 aromatic carbocycles. The van der Waals surface area contributed by atoms with Crippen LogP contribution in [0.5, 0.6) is 0 Å². The molecule has 1 saturated carbocycles. The lowest BCUT2D eigenvalue weighted by Crippen LogP contribution is -2.53. The van der Waals surface area contributed by atoms with Crippen molar-refractivity contribution in [2.24, 2.45) is 5.92 Å². The Morgan fingerprint density at radius 1 is 1.14 bits per heavy atom. The summed E-state index contributed by atoms with van der Waals surface area (Å²) in [5.41, 5.74) is 3.10. The largest absolute Gasteiger partial charge is 0.384 e. The van der Waals surface area contributed by atoms with Gasteiger partial charge in [0.25, 0.3) is 12.3 Å². The summed E-state index contributed by atoms with van der Waals surface area (Å²) >= 11 is 0. The molecule has 0 aliphatic heterocycles. The number of halogens is 2. The van der Waals surface area contributed by atoms with E-state index in [-0.39, 0.29) is 30.1 Å². The average molecular weight is 477 g/mol. The first kappa shape index (κ1) is 23.6. The van der Waals surface area contributed by atoms with Gasteiger partial charge in [0.2, 0.25) is 0 Å². The number of aliphatic hydroxyl groups is 1. The highest BCUT2D eigenvalue weighted by Gasteiger charge is 2.54. The second kappa shape index (κ2) is 9.15. The molecule has 0 bridgehead atoms. The van der Waals surface area contributed by atoms with E-state index in [4.69, 9.17) is 0 Å². The number of alkyl halides is 2. The Morgan fingerprint density at radius 2 is 1.94 bits per heavy atom. The number of anilines is 1. The van der Waals surface area contributed by atoms with Crippen LogP contribution in [-0.2, 0) is 18.3 Å². The number of nitrogens with one attached hydrogen (secondary N) is 1. The molecule has 3 atom stereocenters. The number of pyridine rings is 1. The Bertz CT molecular complexity index is 1230. The number of hydrogen-bond acceptors (Lipinski definition) is 3. The Kier molecular flexibility index (Phi) is 6.18. The van der Waals surface area contributed by atoms with E-state index in [1.54, 1.807) is 12.3 Å². The molecule has 2 N–H and O–H groups in total. The summed E-state index contributed by atoms with van der Waals surface area (Å²) in [6.45, 7) is 1.85. The molecule has 1 amide bonds. The summed E-state index contributed by atoms with van der Waals surface area (Å²) in [5.74, 6) is -0.250. The van der Waals surface area contributed by atoms with Crippen LogP contribution in [0.4, 0.5) is 14.5 Å². The van der Waals surface area contributed by atoms with Crippen LogP contribution < -0.4 is 5.32 Å². The number of hydrogen-bond donors (Lipinski definition) is 2. The fourth-order valence-corrected chi connectivity index (χ4v) is 6.16. The van der Waals surface area contributed by atoms with Gasteiger partial charge >= 0.3 is 0 Å². The monoisotopic (exact) mass is 476 g/mol. The highest BCUT2D eigenvalue weighted by atomic mass is 19.3. The van der Waals surface area contributed by atoms with Crippen LogP contribution in [0, 0.1) is 12.8 Å². The van der Waals surface area contributed by atoms with Crippen LogP contribution in [0.1, 0.15) is 58.4 Å². The average Bonchev–Trinajstić information content (AvgIpc) is 2.86. The van der Waals surface area contributed by atoms with Crippen LogP contribution in [0.2, 0.25) is 0 Å². The van der Waals surface area contributed by atoms with Gasteiger partial charge in [-0.3, -0.25) is 9.78 Å². The van der Waals surface area contributed by atoms with Gasteiger partial charge in [-0.2, -0.15) is 0 Å². The predicted octanol–water partition coefficient (Wildman–Crippen LogP) is 5.87. The second-order valence-electron chi connectivity index (χ2n) is 10.1. The zero-order valence-electron chi connectivity index (χ0n) is 19.8. The molecule has 4 nitrogen and oxygen atoms in total. The van der Waals surface area contributed by atoms with Crippen molar-refractivity contribution >= 4 is 11.6 Å². The van der Waals surface area contributed by atoms with Crippen molar-refractivity contribution in [1.82, 2.24) is 4.98 Å². The molecule has 35 heavy (non-hydrogen) atoms. The minimum atomic E-state index is -2.75. The normalized spacial score (nSPS) is 25.6. The summed E-state index contributed by atoms with van der Waals surface area (Å²) in [7, 11) is 0. The molecular weight excluding hydrogens is 446 g/mol. The van der Waals surface area contributed by atoms with E-state index >= 15 is 0 Å². The SMILES string of the molecule is Cc1ncccc1NC(=O)c1ccc2c(c1)CC[C@@H]1C[C@@](O)(C(F)F)CC[C@@]21Cc1ccccc1. The Balaban J connectivity index is 1.50. The van der Waals surface area contributed by atoms with Gasteiger partial charge in [-0.15, -0.1) is 0 Å². The third-order valence-electron chi connectivity index (χ3n) is 8.08. The van der Waals surface area contributed by atoms with Gasteiger partial charge in [0, 0.05) is 17.2 Å². The summed E-state index contributed by atoms with van der Waals surface area (Å²) in [6.07, 6.45) is 1.72. The van der Waals surface area contributed by atoms with Gasteiger partial charge in [0.15, 0.2) is 0 Å². The van der Waals surface area contributed by atoms with Crippen LogP contribution in [0.15, 0.2) is 66.9 Å². The van der Waals surface area contributed by atoms with Crippen LogP contribution >= 0.6 is 0 Å². The molecule has 1 aromatic heterocycles. The molecule has 182 valence electrons. The van der Waals surface area contributed by atoms with Crippen molar-refractivity contribution in [3.8, 4) is 0 Å². The number of carbonyl (C=O) groups excluding carboxylic acids is 1. The molecule has 0 saturated heterocycles. The maximum atomic E-state index is 13.8. The number of fused-ring (bicyclic) bond motifs is 3. The Morgan fingerprint density at radius 3 is 2.69 bits per heavy atom. The van der Waals surface area contributed by atoms with Crippen LogP contribution in [0.25, 0.3) is 0 Å². The van der Waals surface area contributed by atoms with Crippen LogP contribution in [-0.4, -0.2) is 28.0 Å². The lowest BCUT2D eigenvalue weighted by atomic mass is 9.52. The van der Waals surface area contributed by atoms with Gasteiger partial charge in [-0.05, 0) is 92.3 Å². The first-order chi connectivity index (χ1) is 16.8. The summed E-state index contributed by atoms with van der Waals surface area (Å²) in [6, 6.07) is 19.5. The molecule has 3 aromatic rings. The number of rotatable bonds is 5. The third kappa shape index (κ3) is 4.36. The number of amides is 1. The maximum absolute atomic E-state index is 13.8. The quantitative estimate of drug-likeness (QED) is 0.485. The highest BCUT2D eigenvalue weighted by molar-refractivity contribution is 6.04. The van der Waals surface area contributed by atoms with E-state index in [2.05, 4.69) is 22.4 Å². The lowest BCUT2D eigenvalue weighted by Gasteiger charge is -2.53. The number of aromatic nitrogens is 1. The van der Waals surface area contributed by atoms with Gasteiger partial charge in [0.1, 0.15) is 5.60 Å². The van der Waals surface area contributed by atoms with Crippen molar-refractivity contribution in [2.75, 3.05) is 5.32 Å².